The first-order valence-corrected chi connectivity index (χ1v) is 11.1. The van der Waals surface area contributed by atoms with E-state index in [1.165, 1.54) is 10.7 Å². The molecule has 3 aromatic rings. The maximum absolute atomic E-state index is 14.0. The fourth-order valence-corrected chi connectivity index (χ4v) is 5.00. The Kier molecular flexibility index (Phi) is 5.94. The first kappa shape index (κ1) is 21.3. The van der Waals surface area contributed by atoms with Gasteiger partial charge >= 0.3 is 0 Å². The topological polar surface area (TPSA) is 75.5 Å². The highest BCUT2D eigenvalue weighted by molar-refractivity contribution is 7.89. The van der Waals surface area contributed by atoms with Crippen molar-refractivity contribution in [2.45, 2.75) is 11.6 Å². The van der Waals surface area contributed by atoms with E-state index in [4.69, 9.17) is 0 Å². The molecule has 0 amide bonds. The highest BCUT2D eigenvalue weighted by Gasteiger charge is 2.33. The van der Waals surface area contributed by atoms with Crippen molar-refractivity contribution >= 4 is 10.0 Å². The first-order valence-electron chi connectivity index (χ1n) is 9.66. The molecule has 0 aliphatic carbocycles. The molecule has 2 aromatic carbocycles. The molecule has 1 aliphatic rings. The molecule has 1 fully saturated rings. The summed E-state index contributed by atoms with van der Waals surface area (Å²) in [4.78, 5) is 13.2. The van der Waals surface area contributed by atoms with Crippen molar-refractivity contribution < 1.29 is 17.2 Å². The number of halogens is 2. The molecule has 7 nitrogen and oxygen atoms in total. The molecule has 1 aromatic heterocycles. The van der Waals surface area contributed by atoms with Crippen molar-refractivity contribution in [1.82, 2.24) is 19.0 Å². The van der Waals surface area contributed by atoms with Gasteiger partial charge in [0.25, 0.3) is 5.56 Å². The van der Waals surface area contributed by atoms with Crippen molar-refractivity contribution in [3.8, 4) is 11.3 Å². The number of nitrogens with zero attached hydrogens (tertiary/aromatic N) is 4. The van der Waals surface area contributed by atoms with Crippen molar-refractivity contribution in [3.05, 3.63) is 82.7 Å². The molecule has 0 saturated carbocycles. The SMILES string of the molecule is O=c1ccc(-c2ccccc2)nn1CN1CCN(S(=O)(=O)c2c(F)cccc2F)CC1. The van der Waals surface area contributed by atoms with E-state index in [1.54, 1.807) is 6.07 Å². The van der Waals surface area contributed by atoms with Crippen molar-refractivity contribution in [2.75, 3.05) is 26.2 Å². The van der Waals surface area contributed by atoms with Crippen LogP contribution in [-0.2, 0) is 16.7 Å². The predicted molar refractivity (Wildman–Crippen MR) is 111 cm³/mol. The lowest BCUT2D eigenvalue weighted by Crippen LogP contribution is -2.50. The number of hydrogen-bond donors (Lipinski definition) is 0. The fourth-order valence-electron chi connectivity index (χ4n) is 3.47. The number of aromatic nitrogens is 2. The van der Waals surface area contributed by atoms with E-state index in [2.05, 4.69) is 5.10 Å². The van der Waals surface area contributed by atoms with Gasteiger partial charge in [-0.25, -0.2) is 21.9 Å². The van der Waals surface area contributed by atoms with Crippen LogP contribution in [0.2, 0.25) is 0 Å². The van der Waals surface area contributed by atoms with Gasteiger partial charge in [0, 0.05) is 37.8 Å². The number of benzene rings is 2. The van der Waals surface area contributed by atoms with Gasteiger partial charge in [0.2, 0.25) is 10.0 Å². The lowest BCUT2D eigenvalue weighted by Gasteiger charge is -2.33. The molecule has 31 heavy (non-hydrogen) atoms. The third-order valence-electron chi connectivity index (χ3n) is 5.12. The smallest absolute Gasteiger partial charge is 0.268 e. The van der Waals surface area contributed by atoms with Crippen LogP contribution in [0.4, 0.5) is 8.78 Å². The van der Waals surface area contributed by atoms with Gasteiger partial charge in [-0.3, -0.25) is 9.69 Å². The minimum atomic E-state index is -4.30. The normalized spacial score (nSPS) is 15.8. The van der Waals surface area contributed by atoms with Crippen LogP contribution < -0.4 is 5.56 Å². The molecule has 4 rings (SSSR count). The number of hydrogen-bond acceptors (Lipinski definition) is 5. The summed E-state index contributed by atoms with van der Waals surface area (Å²) in [6, 6.07) is 15.5. The van der Waals surface area contributed by atoms with Gasteiger partial charge in [-0.1, -0.05) is 36.4 Å². The van der Waals surface area contributed by atoms with Crippen molar-refractivity contribution in [1.29, 1.82) is 0 Å². The van der Waals surface area contributed by atoms with Crippen LogP contribution in [0, 0.1) is 11.6 Å². The highest BCUT2D eigenvalue weighted by Crippen LogP contribution is 2.23. The van der Waals surface area contributed by atoms with Crippen LogP contribution in [0.25, 0.3) is 11.3 Å². The van der Waals surface area contributed by atoms with Gasteiger partial charge < -0.3 is 0 Å². The van der Waals surface area contributed by atoms with Crippen LogP contribution in [0.3, 0.4) is 0 Å². The standard InChI is InChI=1S/C21H20F2N4O3S/c22-17-7-4-8-18(23)21(17)31(29,30)26-13-11-25(12-14-26)15-27-20(28)10-9-19(24-27)16-5-2-1-3-6-16/h1-10H,11-15H2. The molecule has 1 aliphatic heterocycles. The molecule has 1 saturated heterocycles. The molecule has 0 radical (unpaired) electrons. The number of rotatable bonds is 5. The van der Waals surface area contributed by atoms with E-state index in [-0.39, 0.29) is 25.3 Å². The molecule has 10 heteroatoms. The van der Waals surface area contributed by atoms with E-state index in [0.29, 0.717) is 18.8 Å². The van der Waals surface area contributed by atoms with Crippen LogP contribution in [-0.4, -0.2) is 53.6 Å². The molecular weight excluding hydrogens is 426 g/mol. The van der Waals surface area contributed by atoms with E-state index in [1.807, 2.05) is 35.2 Å². The predicted octanol–water partition coefficient (Wildman–Crippen LogP) is 2.15. The van der Waals surface area contributed by atoms with Crippen LogP contribution in [0.1, 0.15) is 0 Å². The largest absolute Gasteiger partial charge is 0.282 e. The van der Waals surface area contributed by atoms with Gasteiger partial charge in [0.05, 0.1) is 12.4 Å². The van der Waals surface area contributed by atoms with E-state index < -0.39 is 26.6 Å². The second-order valence-corrected chi connectivity index (χ2v) is 9.01. The van der Waals surface area contributed by atoms with E-state index >= 15 is 0 Å². The van der Waals surface area contributed by atoms with Gasteiger partial charge in [-0.05, 0) is 18.2 Å². The summed E-state index contributed by atoms with van der Waals surface area (Å²) in [5, 5.41) is 4.41. The van der Waals surface area contributed by atoms with Crippen molar-refractivity contribution in [2.24, 2.45) is 0 Å². The number of sulfonamides is 1. The highest BCUT2D eigenvalue weighted by atomic mass is 32.2. The van der Waals surface area contributed by atoms with Gasteiger partial charge in [-0.2, -0.15) is 9.40 Å². The molecule has 0 spiro atoms. The zero-order valence-electron chi connectivity index (χ0n) is 16.5. The van der Waals surface area contributed by atoms with E-state index in [0.717, 1.165) is 28.1 Å². The third kappa shape index (κ3) is 4.41. The van der Waals surface area contributed by atoms with Crippen molar-refractivity contribution in [3.63, 3.8) is 0 Å². The summed E-state index contributed by atoms with van der Waals surface area (Å²) in [6.07, 6.45) is 0. The Morgan fingerprint density at radius 1 is 0.839 bits per heavy atom. The summed E-state index contributed by atoms with van der Waals surface area (Å²) in [7, 11) is -4.30. The summed E-state index contributed by atoms with van der Waals surface area (Å²) in [5.41, 5.74) is 1.25. The molecule has 0 atom stereocenters. The molecule has 162 valence electrons. The number of piperazine rings is 1. The first-order chi connectivity index (χ1) is 14.9. The van der Waals surface area contributed by atoms with Gasteiger partial charge in [-0.15, -0.1) is 0 Å². The maximum Gasteiger partial charge on any atom is 0.268 e. The monoisotopic (exact) mass is 446 g/mol. The summed E-state index contributed by atoms with van der Waals surface area (Å²) < 4.78 is 55.8. The molecule has 0 N–H and O–H groups in total. The Labute approximate surface area is 178 Å². The van der Waals surface area contributed by atoms with Gasteiger partial charge in [0.1, 0.15) is 11.6 Å². The fraction of sp³-hybridized carbons (Fsp3) is 0.238. The minimum absolute atomic E-state index is 0.0449. The maximum atomic E-state index is 14.0. The van der Waals surface area contributed by atoms with E-state index in [9.17, 15) is 22.0 Å². The lowest BCUT2D eigenvalue weighted by atomic mass is 10.1. The Balaban J connectivity index is 1.47. The molecular formula is C21H20F2N4O3S. The summed E-state index contributed by atoms with van der Waals surface area (Å²) in [5.74, 6) is -2.23. The minimum Gasteiger partial charge on any atom is -0.282 e. The molecule has 0 unspecified atom stereocenters. The average Bonchev–Trinajstić information content (AvgIpc) is 2.76. The quantitative estimate of drug-likeness (QED) is 0.601. The van der Waals surface area contributed by atoms with Crippen LogP contribution in [0.5, 0.6) is 0 Å². The summed E-state index contributed by atoms with van der Waals surface area (Å²) in [6.45, 7) is 0.853. The Bertz CT molecular complexity index is 1220. The van der Waals surface area contributed by atoms with Crippen LogP contribution >= 0.6 is 0 Å². The average molecular weight is 446 g/mol. The zero-order valence-corrected chi connectivity index (χ0v) is 17.3. The third-order valence-corrected chi connectivity index (χ3v) is 7.07. The Hall–Kier alpha value is -2.95. The second-order valence-electron chi connectivity index (χ2n) is 7.14. The Morgan fingerprint density at radius 2 is 1.48 bits per heavy atom. The second kappa shape index (κ2) is 8.66. The lowest BCUT2D eigenvalue weighted by molar-refractivity contribution is 0.143. The summed E-state index contributed by atoms with van der Waals surface area (Å²) >= 11 is 0. The zero-order chi connectivity index (χ0) is 22.0. The van der Waals surface area contributed by atoms with Gasteiger partial charge in [0.15, 0.2) is 4.90 Å². The van der Waals surface area contributed by atoms with Crippen LogP contribution in [0.15, 0.2) is 70.4 Å². The Morgan fingerprint density at radius 3 is 2.13 bits per heavy atom. The molecule has 0 bridgehead atoms. The molecule has 2 heterocycles.